The van der Waals surface area contributed by atoms with Gasteiger partial charge in [0.15, 0.2) is 0 Å². The quantitative estimate of drug-likeness (QED) is 0.434. The minimum absolute atomic E-state index is 0.0214. The van der Waals surface area contributed by atoms with Crippen molar-refractivity contribution in [2.45, 2.75) is 6.92 Å². The van der Waals surface area contributed by atoms with Crippen molar-refractivity contribution in [3.8, 4) is 11.3 Å². The number of furan rings is 2. The SMILES string of the molecule is Cc1occc1C(=O)N/N=C/c1ccc(-c2cccc([N+](=O)[O-])c2)o1. The van der Waals surface area contributed by atoms with E-state index < -0.39 is 10.8 Å². The van der Waals surface area contributed by atoms with Crippen molar-refractivity contribution in [3.05, 3.63) is 75.9 Å². The fourth-order valence-corrected chi connectivity index (χ4v) is 2.19. The van der Waals surface area contributed by atoms with E-state index in [0.29, 0.717) is 28.4 Å². The Balaban J connectivity index is 1.69. The maximum Gasteiger partial charge on any atom is 0.274 e. The van der Waals surface area contributed by atoms with E-state index in [4.69, 9.17) is 8.83 Å². The highest BCUT2D eigenvalue weighted by atomic mass is 16.6. The monoisotopic (exact) mass is 339 g/mol. The van der Waals surface area contributed by atoms with Crippen molar-refractivity contribution in [2.24, 2.45) is 5.10 Å². The number of nitrogens with one attached hydrogen (secondary N) is 1. The van der Waals surface area contributed by atoms with Crippen molar-refractivity contribution in [2.75, 3.05) is 0 Å². The zero-order valence-electron chi connectivity index (χ0n) is 13.1. The second-order valence-electron chi connectivity index (χ2n) is 5.10. The number of nitrogens with zero attached hydrogens (tertiary/aromatic N) is 2. The van der Waals surface area contributed by atoms with Crippen LogP contribution < -0.4 is 5.43 Å². The van der Waals surface area contributed by atoms with Gasteiger partial charge < -0.3 is 8.83 Å². The number of aryl methyl sites for hydroxylation is 1. The maximum atomic E-state index is 11.9. The zero-order chi connectivity index (χ0) is 17.8. The van der Waals surface area contributed by atoms with Crippen LogP contribution in [0.5, 0.6) is 0 Å². The molecule has 8 heteroatoms. The fourth-order valence-electron chi connectivity index (χ4n) is 2.19. The third-order valence-electron chi connectivity index (χ3n) is 3.43. The van der Waals surface area contributed by atoms with Gasteiger partial charge >= 0.3 is 0 Å². The van der Waals surface area contributed by atoms with E-state index in [1.165, 1.54) is 24.6 Å². The number of carbonyl (C=O) groups is 1. The molecule has 0 unspecified atom stereocenters. The molecule has 0 saturated heterocycles. The van der Waals surface area contributed by atoms with E-state index in [-0.39, 0.29) is 5.69 Å². The molecule has 0 aliphatic heterocycles. The summed E-state index contributed by atoms with van der Waals surface area (Å²) in [5.74, 6) is 0.958. The lowest BCUT2D eigenvalue weighted by Crippen LogP contribution is -2.17. The van der Waals surface area contributed by atoms with E-state index in [1.807, 2.05) is 0 Å². The molecule has 0 atom stereocenters. The van der Waals surface area contributed by atoms with Crippen LogP contribution in [-0.4, -0.2) is 17.0 Å². The van der Waals surface area contributed by atoms with Crippen molar-refractivity contribution in [1.82, 2.24) is 5.43 Å². The molecule has 126 valence electrons. The van der Waals surface area contributed by atoms with Gasteiger partial charge in [-0.05, 0) is 25.1 Å². The minimum Gasteiger partial charge on any atom is -0.469 e. The van der Waals surface area contributed by atoms with Gasteiger partial charge in [-0.3, -0.25) is 14.9 Å². The molecular weight excluding hydrogens is 326 g/mol. The normalized spacial score (nSPS) is 10.9. The van der Waals surface area contributed by atoms with Crippen LogP contribution in [0.2, 0.25) is 0 Å². The minimum atomic E-state index is -0.470. The molecule has 0 radical (unpaired) electrons. The Labute approximate surface area is 141 Å². The molecule has 0 fully saturated rings. The van der Waals surface area contributed by atoms with Crippen molar-refractivity contribution in [3.63, 3.8) is 0 Å². The molecule has 0 aliphatic carbocycles. The topological polar surface area (TPSA) is 111 Å². The van der Waals surface area contributed by atoms with E-state index in [9.17, 15) is 14.9 Å². The van der Waals surface area contributed by atoms with Crippen molar-refractivity contribution in [1.29, 1.82) is 0 Å². The van der Waals surface area contributed by atoms with Crippen LogP contribution in [0.4, 0.5) is 5.69 Å². The smallest absolute Gasteiger partial charge is 0.274 e. The Kier molecular flexibility index (Phi) is 4.42. The van der Waals surface area contributed by atoms with E-state index in [1.54, 1.807) is 37.3 Å². The summed E-state index contributed by atoms with van der Waals surface area (Å²) in [5, 5.41) is 14.6. The second kappa shape index (κ2) is 6.83. The fraction of sp³-hybridized carbons (Fsp3) is 0.0588. The van der Waals surface area contributed by atoms with Crippen molar-refractivity contribution < 1.29 is 18.6 Å². The molecule has 0 saturated carbocycles. The number of hydrazone groups is 1. The Hall–Kier alpha value is -3.68. The molecule has 1 N–H and O–H groups in total. The predicted molar refractivity (Wildman–Crippen MR) is 89.3 cm³/mol. The molecule has 0 spiro atoms. The van der Waals surface area contributed by atoms with Crippen LogP contribution in [-0.2, 0) is 0 Å². The molecule has 1 aromatic carbocycles. The average Bonchev–Trinajstić information content (AvgIpc) is 3.24. The molecule has 25 heavy (non-hydrogen) atoms. The highest BCUT2D eigenvalue weighted by Gasteiger charge is 2.11. The van der Waals surface area contributed by atoms with Gasteiger partial charge in [-0.15, -0.1) is 0 Å². The van der Waals surface area contributed by atoms with Crippen LogP contribution >= 0.6 is 0 Å². The highest BCUT2D eigenvalue weighted by Crippen LogP contribution is 2.25. The lowest BCUT2D eigenvalue weighted by Gasteiger charge is -1.97. The van der Waals surface area contributed by atoms with E-state index in [0.717, 1.165) is 0 Å². The summed E-state index contributed by atoms with van der Waals surface area (Å²) >= 11 is 0. The molecule has 8 nitrogen and oxygen atoms in total. The summed E-state index contributed by atoms with van der Waals surface area (Å²) in [7, 11) is 0. The highest BCUT2D eigenvalue weighted by molar-refractivity contribution is 5.95. The number of rotatable bonds is 5. The van der Waals surface area contributed by atoms with Crippen LogP contribution in [0.1, 0.15) is 21.9 Å². The van der Waals surface area contributed by atoms with Gasteiger partial charge in [-0.1, -0.05) is 12.1 Å². The van der Waals surface area contributed by atoms with Gasteiger partial charge in [0.1, 0.15) is 17.3 Å². The first-order valence-corrected chi connectivity index (χ1v) is 7.27. The third kappa shape index (κ3) is 3.63. The van der Waals surface area contributed by atoms with Crippen LogP contribution in [0.25, 0.3) is 11.3 Å². The lowest BCUT2D eigenvalue weighted by molar-refractivity contribution is -0.384. The molecule has 3 aromatic rings. The maximum absolute atomic E-state index is 11.9. The number of nitro benzene ring substituents is 1. The molecule has 1 amide bonds. The predicted octanol–water partition coefficient (Wildman–Crippen LogP) is 3.52. The van der Waals surface area contributed by atoms with Gasteiger partial charge in [0.25, 0.3) is 11.6 Å². The first-order chi connectivity index (χ1) is 12.0. The van der Waals surface area contributed by atoms with E-state index in [2.05, 4.69) is 10.5 Å². The van der Waals surface area contributed by atoms with Gasteiger partial charge in [-0.25, -0.2) is 5.43 Å². The molecular formula is C17H13N3O5. The first-order valence-electron chi connectivity index (χ1n) is 7.27. The summed E-state index contributed by atoms with van der Waals surface area (Å²) in [6, 6.07) is 11.0. The standard InChI is InChI=1S/C17H13N3O5/c1-11-15(7-8-24-11)17(21)19-18-10-14-5-6-16(25-14)12-3-2-4-13(9-12)20(22)23/h2-10H,1H3,(H,19,21)/b18-10+. The summed E-state index contributed by atoms with van der Waals surface area (Å²) in [4.78, 5) is 22.2. The number of benzene rings is 1. The van der Waals surface area contributed by atoms with Gasteiger partial charge in [-0.2, -0.15) is 5.10 Å². The second-order valence-corrected chi connectivity index (χ2v) is 5.10. The Morgan fingerprint density at radius 1 is 1.28 bits per heavy atom. The number of nitro groups is 1. The molecule has 2 aromatic heterocycles. The summed E-state index contributed by atoms with van der Waals surface area (Å²) in [5.41, 5.74) is 3.32. The first kappa shape index (κ1) is 16.2. The number of amides is 1. The number of hydrogen-bond acceptors (Lipinski definition) is 6. The lowest BCUT2D eigenvalue weighted by atomic mass is 10.1. The Morgan fingerprint density at radius 3 is 2.84 bits per heavy atom. The van der Waals surface area contributed by atoms with Crippen molar-refractivity contribution >= 4 is 17.8 Å². The van der Waals surface area contributed by atoms with Crippen LogP contribution in [0.3, 0.4) is 0 Å². The van der Waals surface area contributed by atoms with Gasteiger partial charge in [0, 0.05) is 17.7 Å². The average molecular weight is 339 g/mol. The largest absolute Gasteiger partial charge is 0.469 e. The van der Waals surface area contributed by atoms with Gasteiger partial charge in [0.2, 0.25) is 0 Å². The third-order valence-corrected chi connectivity index (χ3v) is 3.43. The number of hydrogen-bond donors (Lipinski definition) is 1. The summed E-state index contributed by atoms with van der Waals surface area (Å²) in [6.45, 7) is 1.68. The molecule has 0 bridgehead atoms. The Morgan fingerprint density at radius 2 is 2.12 bits per heavy atom. The van der Waals surface area contributed by atoms with E-state index >= 15 is 0 Å². The zero-order valence-corrected chi connectivity index (χ0v) is 13.1. The molecule has 0 aliphatic rings. The molecule has 2 heterocycles. The summed E-state index contributed by atoms with van der Waals surface area (Å²) in [6.07, 6.45) is 2.76. The van der Waals surface area contributed by atoms with Gasteiger partial charge in [0.05, 0.1) is 23.0 Å². The van der Waals surface area contributed by atoms with Crippen LogP contribution in [0, 0.1) is 17.0 Å². The number of carbonyl (C=O) groups excluding carboxylic acids is 1. The number of non-ortho nitro benzene ring substituents is 1. The van der Waals surface area contributed by atoms with Crippen LogP contribution in [0.15, 0.2) is 62.7 Å². The summed E-state index contributed by atoms with van der Waals surface area (Å²) < 4.78 is 10.6. The molecule has 3 rings (SSSR count). The Bertz CT molecular complexity index is 955.